The van der Waals surface area contributed by atoms with Gasteiger partial charge in [0.05, 0.1) is 11.5 Å². The first-order valence-corrected chi connectivity index (χ1v) is 5.68. The number of nitrogens with two attached hydrogens (primary N) is 1. The lowest BCUT2D eigenvalue weighted by Crippen LogP contribution is -2.50. The molecule has 0 unspecified atom stereocenters. The first kappa shape index (κ1) is 13.0. The van der Waals surface area contributed by atoms with Gasteiger partial charge in [-0.05, 0) is 26.2 Å². The molecule has 5 nitrogen and oxygen atoms in total. The van der Waals surface area contributed by atoms with Gasteiger partial charge in [0.25, 0.3) is 0 Å². The highest BCUT2D eigenvalue weighted by Gasteiger charge is 2.38. The van der Waals surface area contributed by atoms with Crippen molar-refractivity contribution < 1.29 is 14.7 Å². The van der Waals surface area contributed by atoms with Crippen molar-refractivity contribution in [1.29, 1.82) is 0 Å². The van der Waals surface area contributed by atoms with E-state index in [1.54, 1.807) is 11.8 Å². The molecular weight excluding hydrogens is 208 g/mol. The van der Waals surface area contributed by atoms with Crippen molar-refractivity contribution in [3.05, 3.63) is 0 Å². The Morgan fingerprint density at radius 1 is 1.44 bits per heavy atom. The normalized spacial score (nSPS) is 21.6. The van der Waals surface area contributed by atoms with Gasteiger partial charge in [-0.15, -0.1) is 0 Å². The van der Waals surface area contributed by atoms with E-state index in [4.69, 9.17) is 10.8 Å². The predicted molar refractivity (Wildman–Crippen MR) is 59.8 cm³/mol. The molecule has 1 heterocycles. The Labute approximate surface area is 95.6 Å². The molecule has 0 saturated carbocycles. The molecule has 92 valence electrons. The van der Waals surface area contributed by atoms with Crippen LogP contribution in [0.25, 0.3) is 0 Å². The summed E-state index contributed by atoms with van der Waals surface area (Å²) in [5.74, 6) is -0.839. The molecule has 0 bridgehead atoms. The number of amides is 1. The molecule has 0 radical (unpaired) electrons. The molecule has 0 aromatic rings. The van der Waals surface area contributed by atoms with Crippen molar-refractivity contribution in [2.75, 3.05) is 13.1 Å². The van der Waals surface area contributed by atoms with E-state index in [-0.39, 0.29) is 5.91 Å². The van der Waals surface area contributed by atoms with Gasteiger partial charge >= 0.3 is 5.97 Å². The summed E-state index contributed by atoms with van der Waals surface area (Å²) in [5, 5.41) is 9.05. The maximum atomic E-state index is 11.8. The molecule has 0 aromatic heterocycles. The molecule has 1 rings (SSSR count). The Balaban J connectivity index is 2.55. The molecular formula is C11H20N2O3. The molecule has 5 heteroatoms. The molecule has 0 aliphatic carbocycles. The molecule has 1 aliphatic heterocycles. The van der Waals surface area contributed by atoms with Gasteiger partial charge in [0.2, 0.25) is 5.91 Å². The first-order chi connectivity index (χ1) is 7.40. The number of carboxylic acid groups (broad SMARTS) is 1. The summed E-state index contributed by atoms with van der Waals surface area (Å²) in [7, 11) is 0. The molecule has 0 spiro atoms. The number of carbonyl (C=O) groups excluding carboxylic acids is 1. The molecule has 1 atom stereocenters. The third-order valence-electron chi connectivity index (χ3n) is 3.45. The highest BCUT2D eigenvalue weighted by Crippen LogP contribution is 2.31. The summed E-state index contributed by atoms with van der Waals surface area (Å²) in [6.45, 7) is 4.59. The highest BCUT2D eigenvalue weighted by molar-refractivity contribution is 5.82. The largest absolute Gasteiger partial charge is 0.481 e. The number of hydrogen-bond donors (Lipinski definition) is 2. The number of nitrogens with zero attached hydrogens (tertiary/aromatic N) is 1. The molecule has 1 amide bonds. The van der Waals surface area contributed by atoms with Crippen LogP contribution in [0.1, 0.15) is 33.1 Å². The molecule has 3 N–H and O–H groups in total. The van der Waals surface area contributed by atoms with Gasteiger partial charge in [0.15, 0.2) is 0 Å². The number of aliphatic carboxylic acids is 1. The van der Waals surface area contributed by atoms with Gasteiger partial charge in [-0.25, -0.2) is 0 Å². The first-order valence-electron chi connectivity index (χ1n) is 5.68. The Morgan fingerprint density at radius 2 is 1.94 bits per heavy atom. The van der Waals surface area contributed by atoms with E-state index >= 15 is 0 Å². The van der Waals surface area contributed by atoms with Crippen LogP contribution in [0.2, 0.25) is 0 Å². The van der Waals surface area contributed by atoms with Crippen LogP contribution < -0.4 is 5.73 Å². The van der Waals surface area contributed by atoms with Gasteiger partial charge in [-0.2, -0.15) is 0 Å². The molecule has 0 aromatic carbocycles. The maximum Gasteiger partial charge on any atom is 0.309 e. The monoisotopic (exact) mass is 228 g/mol. The SMILES string of the molecule is CC[C@H](N)C(=O)N1CCC(C)(C(=O)O)CC1. The molecule has 1 fully saturated rings. The fourth-order valence-corrected chi connectivity index (χ4v) is 1.84. The second-order valence-corrected chi connectivity index (χ2v) is 4.71. The average Bonchev–Trinajstić information content (AvgIpc) is 2.28. The fourth-order valence-electron chi connectivity index (χ4n) is 1.84. The van der Waals surface area contributed by atoms with E-state index in [0.29, 0.717) is 32.4 Å². The zero-order valence-electron chi connectivity index (χ0n) is 9.90. The van der Waals surface area contributed by atoms with Crippen LogP contribution in [0.4, 0.5) is 0 Å². The van der Waals surface area contributed by atoms with Crippen LogP contribution in [0.5, 0.6) is 0 Å². The molecule has 16 heavy (non-hydrogen) atoms. The Kier molecular flexibility index (Phi) is 3.91. The zero-order chi connectivity index (χ0) is 12.3. The second kappa shape index (κ2) is 4.82. The summed E-state index contributed by atoms with van der Waals surface area (Å²) < 4.78 is 0. The van der Waals surface area contributed by atoms with Crippen molar-refractivity contribution in [2.45, 2.75) is 39.2 Å². The van der Waals surface area contributed by atoms with Crippen LogP contribution in [-0.4, -0.2) is 41.0 Å². The smallest absolute Gasteiger partial charge is 0.309 e. The van der Waals surface area contributed by atoms with E-state index in [9.17, 15) is 9.59 Å². The van der Waals surface area contributed by atoms with Crippen molar-refractivity contribution in [1.82, 2.24) is 4.90 Å². The summed E-state index contributed by atoms with van der Waals surface area (Å²) in [5.41, 5.74) is 4.98. The minimum atomic E-state index is -0.778. The van der Waals surface area contributed by atoms with Gasteiger partial charge in [-0.3, -0.25) is 9.59 Å². The minimum Gasteiger partial charge on any atom is -0.481 e. The number of carbonyl (C=O) groups is 2. The van der Waals surface area contributed by atoms with Gasteiger partial charge in [-0.1, -0.05) is 6.92 Å². The summed E-state index contributed by atoms with van der Waals surface area (Å²) in [6, 6.07) is -0.450. The van der Waals surface area contributed by atoms with Crippen molar-refractivity contribution in [3.63, 3.8) is 0 Å². The Morgan fingerprint density at radius 3 is 2.31 bits per heavy atom. The van der Waals surface area contributed by atoms with Crippen LogP contribution in [0.15, 0.2) is 0 Å². The number of hydrogen-bond acceptors (Lipinski definition) is 3. The summed E-state index contributed by atoms with van der Waals surface area (Å²) >= 11 is 0. The van der Waals surface area contributed by atoms with E-state index in [0.717, 1.165) is 0 Å². The lowest BCUT2D eigenvalue weighted by molar-refractivity contribution is -0.153. The predicted octanol–water partition coefficient (Wildman–Crippen LogP) is 0.437. The zero-order valence-corrected chi connectivity index (χ0v) is 9.90. The van der Waals surface area contributed by atoms with Crippen LogP contribution >= 0.6 is 0 Å². The number of likely N-dealkylation sites (tertiary alicyclic amines) is 1. The molecule has 1 saturated heterocycles. The Bertz CT molecular complexity index is 283. The van der Waals surface area contributed by atoms with Crippen molar-refractivity contribution >= 4 is 11.9 Å². The lowest BCUT2D eigenvalue weighted by atomic mass is 9.80. The average molecular weight is 228 g/mol. The van der Waals surface area contributed by atoms with E-state index in [1.807, 2.05) is 6.92 Å². The lowest BCUT2D eigenvalue weighted by Gasteiger charge is -2.37. The fraction of sp³-hybridized carbons (Fsp3) is 0.818. The van der Waals surface area contributed by atoms with Crippen LogP contribution in [-0.2, 0) is 9.59 Å². The minimum absolute atomic E-state index is 0.0602. The van der Waals surface area contributed by atoms with Crippen molar-refractivity contribution in [3.8, 4) is 0 Å². The van der Waals surface area contributed by atoms with Crippen LogP contribution in [0, 0.1) is 5.41 Å². The van der Waals surface area contributed by atoms with Crippen molar-refractivity contribution in [2.24, 2.45) is 11.1 Å². The second-order valence-electron chi connectivity index (χ2n) is 4.71. The number of piperidine rings is 1. The Hall–Kier alpha value is -1.10. The van der Waals surface area contributed by atoms with Crippen LogP contribution in [0.3, 0.4) is 0 Å². The van der Waals surface area contributed by atoms with Gasteiger partial charge in [0.1, 0.15) is 0 Å². The van der Waals surface area contributed by atoms with E-state index in [1.165, 1.54) is 0 Å². The van der Waals surface area contributed by atoms with E-state index in [2.05, 4.69) is 0 Å². The van der Waals surface area contributed by atoms with Gasteiger partial charge < -0.3 is 15.7 Å². The maximum absolute atomic E-state index is 11.8. The molecule has 1 aliphatic rings. The summed E-state index contributed by atoms with van der Waals surface area (Å²) in [4.78, 5) is 24.5. The summed E-state index contributed by atoms with van der Waals surface area (Å²) in [6.07, 6.45) is 1.63. The third kappa shape index (κ3) is 2.52. The van der Waals surface area contributed by atoms with Gasteiger partial charge in [0, 0.05) is 13.1 Å². The number of carboxylic acids is 1. The van der Waals surface area contributed by atoms with E-state index < -0.39 is 17.4 Å². The topological polar surface area (TPSA) is 83.6 Å². The highest BCUT2D eigenvalue weighted by atomic mass is 16.4. The quantitative estimate of drug-likeness (QED) is 0.734. The number of rotatable bonds is 3. The standard InChI is InChI=1S/C11H20N2O3/c1-3-8(12)9(14)13-6-4-11(2,5-7-13)10(15)16/h8H,3-7,12H2,1-2H3,(H,15,16)/t8-/m0/s1. The third-order valence-corrected chi connectivity index (χ3v) is 3.45.